The highest BCUT2D eigenvalue weighted by atomic mass is 16.3. The zero-order chi connectivity index (χ0) is 13.4. The van der Waals surface area contributed by atoms with Crippen LogP contribution in [0.15, 0.2) is 24.5 Å². The molecule has 2 heterocycles. The van der Waals surface area contributed by atoms with Crippen LogP contribution in [0, 0.1) is 5.92 Å². The van der Waals surface area contributed by atoms with Crippen LogP contribution in [0.2, 0.25) is 0 Å². The van der Waals surface area contributed by atoms with Gasteiger partial charge in [-0.2, -0.15) is 0 Å². The minimum Gasteiger partial charge on any atom is -0.393 e. The fourth-order valence-electron chi connectivity index (χ4n) is 2.62. The maximum atomic E-state index is 12.4. The van der Waals surface area contributed by atoms with Gasteiger partial charge in [0.25, 0.3) is 5.91 Å². The molecule has 2 unspecified atom stereocenters. The van der Waals surface area contributed by atoms with E-state index < -0.39 is 0 Å². The second kappa shape index (κ2) is 4.66. The Morgan fingerprint density at radius 1 is 1.58 bits per heavy atom. The Morgan fingerprint density at radius 3 is 3.16 bits per heavy atom. The summed E-state index contributed by atoms with van der Waals surface area (Å²) >= 11 is 0. The third kappa shape index (κ3) is 2.21. The molecule has 0 aliphatic carbocycles. The molecule has 0 saturated carbocycles. The number of aliphatic hydroxyl groups is 1. The number of hydrogen-bond donors (Lipinski definition) is 2. The molecule has 1 fully saturated rings. The lowest BCUT2D eigenvalue weighted by Crippen LogP contribution is -2.30. The Bertz CT molecular complexity index is 606. The van der Waals surface area contributed by atoms with E-state index in [1.54, 1.807) is 19.3 Å². The molecule has 1 aliphatic heterocycles. The van der Waals surface area contributed by atoms with Crippen LogP contribution < -0.4 is 0 Å². The number of H-pyrrole nitrogens is 1. The van der Waals surface area contributed by atoms with Gasteiger partial charge in [-0.05, 0) is 31.5 Å². The molecule has 5 heteroatoms. The SMILES string of the molecule is CC(O)C1CCN(C(=O)c2ccc3nc[nH]c3c2)C1. The lowest BCUT2D eigenvalue weighted by molar-refractivity contribution is 0.0762. The molecule has 2 aromatic rings. The predicted molar refractivity (Wildman–Crippen MR) is 71.8 cm³/mol. The average Bonchev–Trinajstić information content (AvgIpc) is 3.06. The monoisotopic (exact) mass is 259 g/mol. The number of amides is 1. The van der Waals surface area contributed by atoms with E-state index in [0.717, 1.165) is 24.0 Å². The van der Waals surface area contributed by atoms with Crippen LogP contribution in [0.25, 0.3) is 11.0 Å². The smallest absolute Gasteiger partial charge is 0.253 e. The van der Waals surface area contributed by atoms with Crippen LogP contribution in [-0.2, 0) is 0 Å². The first kappa shape index (κ1) is 12.2. The van der Waals surface area contributed by atoms with Crippen molar-refractivity contribution in [1.29, 1.82) is 0 Å². The molecule has 5 nitrogen and oxygen atoms in total. The molecule has 1 aliphatic rings. The Labute approximate surface area is 111 Å². The first-order valence-corrected chi connectivity index (χ1v) is 6.55. The first-order valence-electron chi connectivity index (χ1n) is 6.55. The minimum absolute atomic E-state index is 0.0275. The van der Waals surface area contributed by atoms with Crippen molar-refractivity contribution in [2.45, 2.75) is 19.4 Å². The largest absolute Gasteiger partial charge is 0.393 e. The van der Waals surface area contributed by atoms with Gasteiger partial charge in [0.05, 0.1) is 23.5 Å². The molecule has 1 saturated heterocycles. The van der Waals surface area contributed by atoms with Gasteiger partial charge in [0.2, 0.25) is 0 Å². The van der Waals surface area contributed by atoms with E-state index in [4.69, 9.17) is 0 Å². The number of fused-ring (bicyclic) bond motifs is 1. The molecule has 0 spiro atoms. The van der Waals surface area contributed by atoms with Crippen molar-refractivity contribution in [3.8, 4) is 0 Å². The number of rotatable bonds is 2. The van der Waals surface area contributed by atoms with Gasteiger partial charge >= 0.3 is 0 Å². The van der Waals surface area contributed by atoms with Crippen LogP contribution in [0.1, 0.15) is 23.7 Å². The van der Waals surface area contributed by atoms with E-state index in [9.17, 15) is 9.90 Å². The van der Waals surface area contributed by atoms with Gasteiger partial charge in [-0.1, -0.05) is 0 Å². The Hall–Kier alpha value is -1.88. The molecule has 3 rings (SSSR count). The quantitative estimate of drug-likeness (QED) is 0.856. The zero-order valence-electron chi connectivity index (χ0n) is 10.8. The Morgan fingerprint density at radius 2 is 2.42 bits per heavy atom. The van der Waals surface area contributed by atoms with Crippen molar-refractivity contribution >= 4 is 16.9 Å². The third-order valence-electron chi connectivity index (χ3n) is 3.86. The molecule has 2 N–H and O–H groups in total. The number of hydrogen-bond acceptors (Lipinski definition) is 3. The summed E-state index contributed by atoms with van der Waals surface area (Å²) in [5.74, 6) is 0.222. The third-order valence-corrected chi connectivity index (χ3v) is 3.86. The summed E-state index contributed by atoms with van der Waals surface area (Å²) in [6, 6.07) is 5.49. The van der Waals surface area contributed by atoms with Crippen molar-refractivity contribution in [1.82, 2.24) is 14.9 Å². The van der Waals surface area contributed by atoms with Crippen LogP contribution in [0.3, 0.4) is 0 Å². The number of imidazole rings is 1. The number of likely N-dealkylation sites (tertiary alicyclic amines) is 1. The van der Waals surface area contributed by atoms with Crippen molar-refractivity contribution < 1.29 is 9.90 Å². The van der Waals surface area contributed by atoms with Crippen LogP contribution in [0.4, 0.5) is 0 Å². The average molecular weight is 259 g/mol. The molecule has 1 aromatic carbocycles. The number of benzene rings is 1. The lowest BCUT2D eigenvalue weighted by atomic mass is 10.0. The molecule has 0 bridgehead atoms. The first-order chi connectivity index (χ1) is 9.15. The molecule has 100 valence electrons. The number of aromatic nitrogens is 2. The number of aromatic amines is 1. The van der Waals surface area contributed by atoms with Crippen LogP contribution >= 0.6 is 0 Å². The molecular formula is C14H17N3O2. The fourth-order valence-corrected chi connectivity index (χ4v) is 2.62. The lowest BCUT2D eigenvalue weighted by Gasteiger charge is -2.17. The molecule has 19 heavy (non-hydrogen) atoms. The van der Waals surface area contributed by atoms with E-state index in [2.05, 4.69) is 9.97 Å². The second-order valence-electron chi connectivity index (χ2n) is 5.17. The minimum atomic E-state index is -0.354. The van der Waals surface area contributed by atoms with E-state index in [-0.39, 0.29) is 17.9 Å². The Balaban J connectivity index is 1.80. The van der Waals surface area contributed by atoms with Gasteiger partial charge in [-0.15, -0.1) is 0 Å². The highest BCUT2D eigenvalue weighted by molar-refractivity contribution is 5.97. The molecule has 1 aromatic heterocycles. The van der Waals surface area contributed by atoms with Crippen molar-refractivity contribution in [3.63, 3.8) is 0 Å². The highest BCUT2D eigenvalue weighted by Gasteiger charge is 2.29. The fraction of sp³-hybridized carbons (Fsp3) is 0.429. The van der Waals surface area contributed by atoms with E-state index >= 15 is 0 Å². The maximum absolute atomic E-state index is 12.4. The summed E-state index contributed by atoms with van der Waals surface area (Å²) in [5.41, 5.74) is 2.40. The summed E-state index contributed by atoms with van der Waals surface area (Å²) < 4.78 is 0. The second-order valence-corrected chi connectivity index (χ2v) is 5.17. The number of nitrogens with one attached hydrogen (secondary N) is 1. The van der Waals surface area contributed by atoms with E-state index in [1.165, 1.54) is 0 Å². The summed E-state index contributed by atoms with van der Waals surface area (Å²) in [7, 11) is 0. The van der Waals surface area contributed by atoms with Gasteiger partial charge in [-0.3, -0.25) is 4.79 Å². The maximum Gasteiger partial charge on any atom is 0.253 e. The van der Waals surface area contributed by atoms with Gasteiger partial charge in [0, 0.05) is 24.6 Å². The number of nitrogens with zero attached hydrogens (tertiary/aromatic N) is 2. The number of aliphatic hydroxyl groups excluding tert-OH is 1. The molecule has 2 atom stereocenters. The standard InChI is InChI=1S/C14H17N3O2/c1-9(18)11-4-5-17(7-11)14(19)10-2-3-12-13(6-10)16-8-15-12/h2-3,6,8-9,11,18H,4-5,7H2,1H3,(H,15,16). The van der Waals surface area contributed by atoms with Crippen LogP contribution in [0.5, 0.6) is 0 Å². The summed E-state index contributed by atoms with van der Waals surface area (Å²) in [5, 5.41) is 9.58. The topological polar surface area (TPSA) is 69.2 Å². The highest BCUT2D eigenvalue weighted by Crippen LogP contribution is 2.22. The van der Waals surface area contributed by atoms with Crippen molar-refractivity contribution in [2.75, 3.05) is 13.1 Å². The van der Waals surface area contributed by atoms with Gasteiger partial charge in [0.1, 0.15) is 0 Å². The molecule has 1 amide bonds. The zero-order valence-corrected chi connectivity index (χ0v) is 10.8. The molecular weight excluding hydrogens is 242 g/mol. The van der Waals surface area contributed by atoms with Crippen LogP contribution in [-0.4, -0.2) is 45.1 Å². The Kier molecular flexibility index (Phi) is 2.98. The summed E-state index contributed by atoms with van der Waals surface area (Å²) in [6.07, 6.45) is 2.14. The van der Waals surface area contributed by atoms with Gasteiger partial charge in [-0.25, -0.2) is 4.98 Å². The van der Waals surface area contributed by atoms with Gasteiger partial charge in [0.15, 0.2) is 0 Å². The predicted octanol–water partition coefficient (Wildman–Crippen LogP) is 1.41. The number of carbonyl (C=O) groups is 1. The van der Waals surface area contributed by atoms with E-state index in [1.807, 2.05) is 17.0 Å². The summed E-state index contributed by atoms with van der Waals surface area (Å²) in [4.78, 5) is 21.4. The van der Waals surface area contributed by atoms with Crippen molar-refractivity contribution in [2.24, 2.45) is 5.92 Å². The van der Waals surface area contributed by atoms with Crippen molar-refractivity contribution in [3.05, 3.63) is 30.1 Å². The normalized spacial score (nSPS) is 20.9. The van der Waals surface area contributed by atoms with E-state index in [0.29, 0.717) is 12.1 Å². The molecule has 0 radical (unpaired) electrons. The summed E-state index contributed by atoms with van der Waals surface area (Å²) in [6.45, 7) is 3.14. The van der Waals surface area contributed by atoms with Gasteiger partial charge < -0.3 is 15.0 Å². The number of carbonyl (C=O) groups excluding carboxylic acids is 1.